The van der Waals surface area contributed by atoms with E-state index in [9.17, 15) is 0 Å². The first kappa shape index (κ1) is 19.5. The second-order valence-electron chi connectivity index (χ2n) is 5.38. The molecule has 0 aromatic heterocycles. The molecular weight excluding hydrogens is 314 g/mol. The van der Waals surface area contributed by atoms with E-state index >= 15 is 0 Å². The van der Waals surface area contributed by atoms with Crippen molar-refractivity contribution in [2.24, 2.45) is 0 Å². The van der Waals surface area contributed by atoms with Crippen molar-refractivity contribution in [3.63, 3.8) is 0 Å². The highest BCUT2D eigenvalue weighted by molar-refractivity contribution is 7.99. The average molecular weight is 339 g/mol. The maximum absolute atomic E-state index is 9.10. The largest absolute Gasteiger partial charge is 0.473 e. The summed E-state index contributed by atoms with van der Waals surface area (Å²) in [5, 5.41) is 14.8. The maximum Gasteiger partial charge on any atom is 0.414 e. The number of benzene rings is 1. The molecule has 0 atom stereocenters. The number of aliphatic carboxylic acids is 2. The van der Waals surface area contributed by atoms with E-state index in [1.165, 1.54) is 62.4 Å². The lowest BCUT2D eigenvalue weighted by molar-refractivity contribution is -0.159. The van der Waals surface area contributed by atoms with Gasteiger partial charge in [0.15, 0.2) is 0 Å². The number of thioether (sulfide) groups is 1. The van der Waals surface area contributed by atoms with E-state index in [0.717, 1.165) is 0 Å². The van der Waals surface area contributed by atoms with Gasteiger partial charge in [-0.05, 0) is 63.2 Å². The van der Waals surface area contributed by atoms with Crippen LogP contribution in [-0.2, 0) is 9.59 Å². The smallest absolute Gasteiger partial charge is 0.414 e. The van der Waals surface area contributed by atoms with Crippen molar-refractivity contribution in [3.05, 3.63) is 30.3 Å². The molecular formula is C17H25NO4S. The van der Waals surface area contributed by atoms with Crippen LogP contribution in [0.4, 0.5) is 0 Å². The van der Waals surface area contributed by atoms with Gasteiger partial charge >= 0.3 is 11.9 Å². The minimum absolute atomic E-state index is 1.27. The molecule has 0 spiro atoms. The number of carboxylic acid groups (broad SMARTS) is 2. The van der Waals surface area contributed by atoms with Crippen LogP contribution in [-0.4, -0.2) is 52.4 Å². The van der Waals surface area contributed by atoms with Crippen LogP contribution in [0.1, 0.15) is 32.1 Å². The molecule has 0 unspecified atom stereocenters. The SMILES string of the molecule is O=C(O)C(=O)O.c1ccc(SCCCCCN2CCCC2)cc1. The van der Waals surface area contributed by atoms with E-state index in [2.05, 4.69) is 35.2 Å². The Hall–Kier alpha value is -1.53. The van der Waals surface area contributed by atoms with Crippen LogP contribution in [0, 0.1) is 0 Å². The summed E-state index contributed by atoms with van der Waals surface area (Å²) >= 11 is 1.99. The number of rotatable bonds is 7. The zero-order valence-corrected chi connectivity index (χ0v) is 14.1. The molecule has 0 amide bonds. The lowest BCUT2D eigenvalue weighted by atomic mass is 10.2. The Morgan fingerprint density at radius 3 is 2.13 bits per heavy atom. The van der Waals surface area contributed by atoms with Gasteiger partial charge in [0, 0.05) is 4.90 Å². The molecule has 1 saturated heterocycles. The summed E-state index contributed by atoms with van der Waals surface area (Å²) in [4.78, 5) is 22.2. The van der Waals surface area contributed by atoms with Crippen LogP contribution in [0.25, 0.3) is 0 Å². The van der Waals surface area contributed by atoms with E-state index in [1.54, 1.807) is 0 Å². The number of likely N-dealkylation sites (tertiary alicyclic amines) is 1. The van der Waals surface area contributed by atoms with E-state index < -0.39 is 11.9 Å². The lowest BCUT2D eigenvalue weighted by Gasteiger charge is -2.13. The predicted octanol–water partition coefficient (Wildman–Crippen LogP) is 3.20. The summed E-state index contributed by atoms with van der Waals surface area (Å²) < 4.78 is 0. The molecule has 2 rings (SSSR count). The maximum atomic E-state index is 9.10. The summed E-state index contributed by atoms with van der Waals surface area (Å²) in [6.45, 7) is 4.02. The third kappa shape index (κ3) is 9.97. The monoisotopic (exact) mass is 339 g/mol. The van der Waals surface area contributed by atoms with Gasteiger partial charge in [0.2, 0.25) is 0 Å². The zero-order valence-electron chi connectivity index (χ0n) is 13.3. The van der Waals surface area contributed by atoms with Crippen molar-refractivity contribution in [2.45, 2.75) is 37.0 Å². The van der Waals surface area contributed by atoms with Gasteiger partial charge in [-0.1, -0.05) is 24.6 Å². The Labute approximate surface area is 141 Å². The first-order valence-corrected chi connectivity index (χ1v) is 8.94. The second kappa shape index (κ2) is 12.0. The Morgan fingerprint density at radius 2 is 1.57 bits per heavy atom. The molecule has 23 heavy (non-hydrogen) atoms. The van der Waals surface area contributed by atoms with E-state index in [1.807, 2.05) is 11.8 Å². The molecule has 1 fully saturated rings. The van der Waals surface area contributed by atoms with Crippen LogP contribution in [0.3, 0.4) is 0 Å². The van der Waals surface area contributed by atoms with E-state index in [4.69, 9.17) is 19.8 Å². The second-order valence-corrected chi connectivity index (χ2v) is 6.55. The molecule has 1 aliphatic heterocycles. The van der Waals surface area contributed by atoms with Gasteiger partial charge in [0.05, 0.1) is 0 Å². The van der Waals surface area contributed by atoms with Crippen molar-refractivity contribution < 1.29 is 19.8 Å². The molecule has 5 nitrogen and oxygen atoms in total. The van der Waals surface area contributed by atoms with E-state index in [0.29, 0.717) is 0 Å². The molecule has 1 heterocycles. The van der Waals surface area contributed by atoms with E-state index in [-0.39, 0.29) is 0 Å². The topological polar surface area (TPSA) is 77.8 Å². The molecule has 0 radical (unpaired) electrons. The van der Waals surface area contributed by atoms with Crippen molar-refractivity contribution in [1.29, 1.82) is 0 Å². The van der Waals surface area contributed by atoms with Crippen LogP contribution < -0.4 is 0 Å². The highest BCUT2D eigenvalue weighted by Crippen LogP contribution is 2.19. The minimum Gasteiger partial charge on any atom is -0.473 e. The Balaban J connectivity index is 0.000000379. The summed E-state index contributed by atoms with van der Waals surface area (Å²) in [7, 11) is 0. The molecule has 0 saturated carbocycles. The first-order valence-electron chi connectivity index (χ1n) is 7.96. The number of hydrogen-bond acceptors (Lipinski definition) is 4. The normalized spacial score (nSPS) is 14.1. The summed E-state index contributed by atoms with van der Waals surface area (Å²) in [5.74, 6) is -2.38. The molecule has 1 aliphatic rings. The van der Waals surface area contributed by atoms with Gasteiger partial charge in [-0.15, -0.1) is 11.8 Å². The fraction of sp³-hybridized carbons (Fsp3) is 0.529. The van der Waals surface area contributed by atoms with Crippen LogP contribution in [0.5, 0.6) is 0 Å². The lowest BCUT2D eigenvalue weighted by Crippen LogP contribution is -2.20. The van der Waals surface area contributed by atoms with Gasteiger partial charge in [0.1, 0.15) is 0 Å². The Bertz CT molecular complexity index is 449. The summed E-state index contributed by atoms with van der Waals surface area (Å²) in [6, 6.07) is 10.7. The van der Waals surface area contributed by atoms with Gasteiger partial charge in [-0.2, -0.15) is 0 Å². The number of carboxylic acids is 2. The van der Waals surface area contributed by atoms with Crippen LogP contribution in [0.2, 0.25) is 0 Å². The van der Waals surface area contributed by atoms with Gasteiger partial charge in [-0.25, -0.2) is 9.59 Å². The standard InChI is InChI=1S/C15H23NS.C2H2O4/c1-3-9-15(10-4-1)17-14-8-2-5-11-16-12-6-7-13-16;3-1(4)2(5)6/h1,3-4,9-10H,2,5-8,11-14H2;(H,3,4)(H,5,6). The average Bonchev–Trinajstić information content (AvgIpc) is 3.05. The Morgan fingerprint density at radius 1 is 0.957 bits per heavy atom. The van der Waals surface area contributed by atoms with Crippen molar-refractivity contribution in [1.82, 2.24) is 4.90 Å². The molecule has 1 aromatic carbocycles. The quantitative estimate of drug-likeness (QED) is 0.451. The fourth-order valence-electron chi connectivity index (χ4n) is 2.33. The molecule has 0 aliphatic carbocycles. The third-order valence-corrected chi connectivity index (χ3v) is 4.61. The van der Waals surface area contributed by atoms with Crippen LogP contribution >= 0.6 is 11.8 Å². The fourth-order valence-corrected chi connectivity index (χ4v) is 3.26. The molecule has 128 valence electrons. The number of hydrogen-bond donors (Lipinski definition) is 2. The number of carbonyl (C=O) groups is 2. The third-order valence-electron chi connectivity index (χ3n) is 3.51. The Kier molecular flexibility index (Phi) is 10.2. The van der Waals surface area contributed by atoms with Gasteiger partial charge in [0.25, 0.3) is 0 Å². The predicted molar refractivity (Wildman–Crippen MR) is 92.0 cm³/mol. The van der Waals surface area contributed by atoms with Crippen molar-refractivity contribution in [2.75, 3.05) is 25.4 Å². The molecule has 0 bridgehead atoms. The molecule has 2 N–H and O–H groups in total. The summed E-state index contributed by atoms with van der Waals surface area (Å²) in [6.07, 6.45) is 6.97. The minimum atomic E-state index is -1.82. The summed E-state index contributed by atoms with van der Waals surface area (Å²) in [5.41, 5.74) is 0. The molecule has 6 heteroatoms. The molecule has 1 aromatic rings. The van der Waals surface area contributed by atoms with Gasteiger partial charge in [-0.3, -0.25) is 0 Å². The van der Waals surface area contributed by atoms with Gasteiger partial charge < -0.3 is 15.1 Å². The van der Waals surface area contributed by atoms with Crippen LogP contribution in [0.15, 0.2) is 35.2 Å². The highest BCUT2D eigenvalue weighted by atomic mass is 32.2. The number of unbranched alkanes of at least 4 members (excludes halogenated alkanes) is 2. The highest BCUT2D eigenvalue weighted by Gasteiger charge is 2.09. The number of nitrogens with zero attached hydrogens (tertiary/aromatic N) is 1. The van der Waals surface area contributed by atoms with Crippen molar-refractivity contribution >= 4 is 23.7 Å². The zero-order chi connectivity index (χ0) is 16.9. The van der Waals surface area contributed by atoms with Crippen molar-refractivity contribution in [3.8, 4) is 0 Å². The first-order chi connectivity index (χ1) is 11.1.